The summed E-state index contributed by atoms with van der Waals surface area (Å²) in [4.78, 5) is 26.3. The first-order valence-corrected chi connectivity index (χ1v) is 11.6. The highest BCUT2D eigenvalue weighted by atomic mass is 32.2. The molecule has 0 bridgehead atoms. The zero-order valence-electron chi connectivity index (χ0n) is 17.0. The Hall–Kier alpha value is -2.71. The molecule has 7 nitrogen and oxygen atoms in total. The maximum atomic E-state index is 12.6. The second-order valence-corrected chi connectivity index (χ2v) is 9.04. The summed E-state index contributed by atoms with van der Waals surface area (Å²) in [7, 11) is -3.59. The number of rotatable bonds is 7. The topological polar surface area (TPSA) is 95.6 Å². The van der Waals surface area contributed by atoms with Crippen LogP contribution in [0.3, 0.4) is 0 Å². The smallest absolute Gasteiger partial charge is 0.251 e. The molecule has 2 aromatic rings. The van der Waals surface area contributed by atoms with Gasteiger partial charge in [-0.05, 0) is 49.1 Å². The molecule has 8 heteroatoms. The van der Waals surface area contributed by atoms with E-state index in [1.165, 1.54) is 0 Å². The fourth-order valence-corrected chi connectivity index (χ4v) is 4.70. The molecule has 0 unspecified atom stereocenters. The zero-order chi connectivity index (χ0) is 21.6. The summed E-state index contributed by atoms with van der Waals surface area (Å²) in [5.41, 5.74) is 1.59. The van der Waals surface area contributed by atoms with Gasteiger partial charge in [-0.1, -0.05) is 37.3 Å². The van der Waals surface area contributed by atoms with E-state index in [4.69, 9.17) is 0 Å². The standard InChI is InChI=1S/C22H27N3O4S/c1-2-17-8-10-20(11-9-17)30(28,29)24-19-12-14-25(15-13-19)21(26)16-23-22(27)18-6-4-3-5-7-18/h3-11,19,24H,2,12-16H2,1H3,(H,23,27). The first-order valence-electron chi connectivity index (χ1n) is 10.1. The number of carbonyl (C=O) groups is 2. The van der Waals surface area contributed by atoms with Crippen LogP contribution in [0.4, 0.5) is 0 Å². The van der Waals surface area contributed by atoms with Crippen molar-refractivity contribution in [2.24, 2.45) is 0 Å². The van der Waals surface area contributed by atoms with Crippen molar-refractivity contribution >= 4 is 21.8 Å². The van der Waals surface area contributed by atoms with Crippen molar-refractivity contribution in [3.05, 3.63) is 65.7 Å². The number of amides is 2. The minimum absolute atomic E-state index is 0.0755. The summed E-state index contributed by atoms with van der Waals surface area (Å²) in [5.74, 6) is -0.462. The third-order valence-corrected chi connectivity index (χ3v) is 6.78. The Morgan fingerprint density at radius 3 is 2.23 bits per heavy atom. The number of hydrogen-bond donors (Lipinski definition) is 2. The van der Waals surface area contributed by atoms with Crippen LogP contribution in [0.1, 0.15) is 35.7 Å². The van der Waals surface area contributed by atoms with Gasteiger partial charge in [-0.2, -0.15) is 0 Å². The molecule has 0 atom stereocenters. The fraction of sp³-hybridized carbons (Fsp3) is 0.364. The van der Waals surface area contributed by atoms with E-state index in [0.717, 1.165) is 12.0 Å². The number of piperidine rings is 1. The van der Waals surface area contributed by atoms with Crippen molar-refractivity contribution in [3.63, 3.8) is 0 Å². The van der Waals surface area contributed by atoms with Crippen LogP contribution in [0.25, 0.3) is 0 Å². The molecule has 2 amide bonds. The molecule has 30 heavy (non-hydrogen) atoms. The molecule has 1 heterocycles. The second-order valence-electron chi connectivity index (χ2n) is 7.32. The van der Waals surface area contributed by atoms with E-state index in [2.05, 4.69) is 10.0 Å². The molecule has 1 saturated heterocycles. The monoisotopic (exact) mass is 429 g/mol. The van der Waals surface area contributed by atoms with Crippen LogP contribution < -0.4 is 10.0 Å². The van der Waals surface area contributed by atoms with Gasteiger partial charge in [0.1, 0.15) is 0 Å². The average molecular weight is 430 g/mol. The van der Waals surface area contributed by atoms with Gasteiger partial charge in [0.2, 0.25) is 15.9 Å². The lowest BCUT2D eigenvalue weighted by Gasteiger charge is -2.32. The van der Waals surface area contributed by atoms with E-state index in [1.54, 1.807) is 41.3 Å². The van der Waals surface area contributed by atoms with E-state index in [9.17, 15) is 18.0 Å². The molecule has 0 saturated carbocycles. The van der Waals surface area contributed by atoms with Crippen LogP contribution in [-0.4, -0.2) is 50.8 Å². The van der Waals surface area contributed by atoms with Crippen LogP contribution >= 0.6 is 0 Å². The summed E-state index contributed by atoms with van der Waals surface area (Å²) in [5, 5.41) is 2.63. The highest BCUT2D eigenvalue weighted by Gasteiger charge is 2.26. The third kappa shape index (κ3) is 5.67. The molecular weight excluding hydrogens is 402 g/mol. The maximum absolute atomic E-state index is 12.6. The quantitative estimate of drug-likeness (QED) is 0.703. The van der Waals surface area contributed by atoms with Gasteiger partial charge in [0.05, 0.1) is 11.4 Å². The van der Waals surface area contributed by atoms with Gasteiger partial charge in [0.25, 0.3) is 5.91 Å². The molecule has 0 spiro atoms. The molecule has 2 aromatic carbocycles. The molecule has 0 aromatic heterocycles. The Morgan fingerprint density at radius 2 is 1.63 bits per heavy atom. The Balaban J connectivity index is 1.46. The van der Waals surface area contributed by atoms with E-state index >= 15 is 0 Å². The number of hydrogen-bond acceptors (Lipinski definition) is 4. The van der Waals surface area contributed by atoms with Crippen molar-refractivity contribution in [3.8, 4) is 0 Å². The number of aryl methyl sites for hydroxylation is 1. The molecular formula is C22H27N3O4S. The van der Waals surface area contributed by atoms with E-state index in [1.807, 2.05) is 25.1 Å². The summed E-state index contributed by atoms with van der Waals surface area (Å²) in [6.07, 6.45) is 1.92. The van der Waals surface area contributed by atoms with Crippen molar-refractivity contribution < 1.29 is 18.0 Å². The second kappa shape index (κ2) is 9.86. The molecule has 1 aliphatic heterocycles. The minimum Gasteiger partial charge on any atom is -0.343 e. The van der Waals surface area contributed by atoms with Crippen molar-refractivity contribution in [1.29, 1.82) is 0 Å². The molecule has 1 aliphatic rings. The van der Waals surface area contributed by atoms with Gasteiger partial charge in [0, 0.05) is 24.7 Å². The van der Waals surface area contributed by atoms with Gasteiger partial charge >= 0.3 is 0 Å². The van der Waals surface area contributed by atoms with Crippen LogP contribution in [-0.2, 0) is 21.2 Å². The lowest BCUT2D eigenvalue weighted by molar-refractivity contribution is -0.131. The number of likely N-dealkylation sites (tertiary alicyclic amines) is 1. The first kappa shape index (κ1) is 22.0. The number of carbonyl (C=O) groups excluding carboxylic acids is 2. The molecule has 3 rings (SSSR count). The Bertz CT molecular complexity index is 967. The average Bonchev–Trinajstić information content (AvgIpc) is 2.78. The van der Waals surface area contributed by atoms with E-state index in [0.29, 0.717) is 31.5 Å². The van der Waals surface area contributed by atoms with Crippen molar-refractivity contribution in [2.75, 3.05) is 19.6 Å². The van der Waals surface area contributed by atoms with Gasteiger partial charge in [-0.15, -0.1) is 0 Å². The van der Waals surface area contributed by atoms with Crippen LogP contribution in [0.2, 0.25) is 0 Å². The minimum atomic E-state index is -3.59. The zero-order valence-corrected chi connectivity index (χ0v) is 17.8. The summed E-state index contributed by atoms with van der Waals surface area (Å²) < 4.78 is 27.9. The van der Waals surface area contributed by atoms with Crippen molar-refractivity contribution in [2.45, 2.75) is 37.1 Å². The van der Waals surface area contributed by atoms with Crippen molar-refractivity contribution in [1.82, 2.24) is 14.9 Å². The normalized spacial score (nSPS) is 15.0. The molecule has 0 aliphatic carbocycles. The number of sulfonamides is 1. The maximum Gasteiger partial charge on any atom is 0.251 e. The predicted molar refractivity (Wildman–Crippen MR) is 115 cm³/mol. The summed E-state index contributed by atoms with van der Waals surface area (Å²) >= 11 is 0. The van der Waals surface area contributed by atoms with Crippen LogP contribution in [0.15, 0.2) is 59.5 Å². The van der Waals surface area contributed by atoms with Gasteiger partial charge in [-0.25, -0.2) is 13.1 Å². The van der Waals surface area contributed by atoms with Gasteiger partial charge < -0.3 is 10.2 Å². The first-order chi connectivity index (χ1) is 14.4. The molecule has 160 valence electrons. The lowest BCUT2D eigenvalue weighted by Crippen LogP contribution is -2.48. The molecule has 1 fully saturated rings. The summed E-state index contributed by atoms with van der Waals surface area (Å²) in [6, 6.07) is 15.4. The Kier molecular flexibility index (Phi) is 7.23. The molecule has 2 N–H and O–H groups in total. The predicted octanol–water partition coefficient (Wildman–Crippen LogP) is 1.95. The third-order valence-electron chi connectivity index (χ3n) is 5.25. The van der Waals surface area contributed by atoms with E-state index in [-0.39, 0.29) is 29.3 Å². The highest BCUT2D eigenvalue weighted by Crippen LogP contribution is 2.16. The number of benzene rings is 2. The lowest BCUT2D eigenvalue weighted by atomic mass is 10.1. The summed E-state index contributed by atoms with van der Waals surface area (Å²) in [6.45, 7) is 2.84. The SMILES string of the molecule is CCc1ccc(S(=O)(=O)NC2CCN(C(=O)CNC(=O)c3ccccc3)CC2)cc1. The fourth-order valence-electron chi connectivity index (χ4n) is 3.40. The highest BCUT2D eigenvalue weighted by molar-refractivity contribution is 7.89. The van der Waals surface area contributed by atoms with E-state index < -0.39 is 10.0 Å². The number of nitrogens with one attached hydrogen (secondary N) is 2. The Labute approximate surface area is 177 Å². The van der Waals surface area contributed by atoms with Crippen LogP contribution in [0.5, 0.6) is 0 Å². The largest absolute Gasteiger partial charge is 0.343 e. The van der Waals surface area contributed by atoms with Gasteiger partial charge in [0.15, 0.2) is 0 Å². The van der Waals surface area contributed by atoms with Gasteiger partial charge in [-0.3, -0.25) is 9.59 Å². The van der Waals surface area contributed by atoms with Crippen LogP contribution in [0, 0.1) is 0 Å². The Morgan fingerprint density at radius 1 is 1.00 bits per heavy atom. The molecule has 0 radical (unpaired) electrons. The number of nitrogens with zero attached hydrogens (tertiary/aromatic N) is 1.